The molecule has 4 rings (SSSR count). The average molecular weight is 319 g/mol. The zero-order valence-corrected chi connectivity index (χ0v) is 15.3. The number of hydrogen-bond donors (Lipinski definition) is 0. The largest absolute Gasteiger partial charge is 0.0651 e. The predicted octanol–water partition coefficient (Wildman–Crippen LogP) is 6.96. The average Bonchev–Trinajstić information content (AvgIpc) is 2.83. The van der Waals surface area contributed by atoms with Crippen molar-refractivity contribution in [2.75, 3.05) is 0 Å². The van der Waals surface area contributed by atoms with Crippen molar-refractivity contribution in [2.45, 2.75) is 77.0 Å². The van der Waals surface area contributed by atoms with Crippen LogP contribution in [0.3, 0.4) is 0 Å². The van der Waals surface area contributed by atoms with Gasteiger partial charge >= 0.3 is 0 Å². The van der Waals surface area contributed by atoms with Gasteiger partial charge in [-0.15, -0.1) is 0 Å². The second kappa shape index (κ2) is 6.39. The summed E-state index contributed by atoms with van der Waals surface area (Å²) in [5.41, 5.74) is 9.73. The van der Waals surface area contributed by atoms with Crippen LogP contribution in [0, 0.1) is 6.92 Å². The number of benzene rings is 2. The predicted molar refractivity (Wildman–Crippen MR) is 104 cm³/mol. The first-order valence-electron chi connectivity index (χ1n) is 10.00. The van der Waals surface area contributed by atoms with Crippen molar-refractivity contribution in [3.05, 3.63) is 58.7 Å². The van der Waals surface area contributed by atoms with Crippen molar-refractivity contribution in [1.82, 2.24) is 0 Å². The van der Waals surface area contributed by atoms with Crippen LogP contribution in [0.25, 0.3) is 11.1 Å². The zero-order chi connectivity index (χ0) is 16.6. The van der Waals surface area contributed by atoms with Gasteiger partial charge in [-0.3, -0.25) is 0 Å². The Morgan fingerprint density at radius 1 is 0.875 bits per heavy atom. The van der Waals surface area contributed by atoms with E-state index in [1.165, 1.54) is 74.5 Å². The van der Waals surface area contributed by atoms with E-state index < -0.39 is 0 Å². The summed E-state index contributed by atoms with van der Waals surface area (Å²) in [5, 5.41) is 0. The van der Waals surface area contributed by atoms with Gasteiger partial charge in [0.2, 0.25) is 0 Å². The van der Waals surface area contributed by atoms with Crippen molar-refractivity contribution in [3.8, 4) is 11.1 Å². The summed E-state index contributed by atoms with van der Waals surface area (Å²) >= 11 is 0. The number of aryl methyl sites for hydroxylation is 2. The molecule has 0 amide bonds. The van der Waals surface area contributed by atoms with Gasteiger partial charge < -0.3 is 0 Å². The maximum atomic E-state index is 2.51. The molecule has 0 heteroatoms. The smallest absolute Gasteiger partial charge is 0.0218 e. The van der Waals surface area contributed by atoms with Crippen molar-refractivity contribution >= 4 is 0 Å². The van der Waals surface area contributed by atoms with Crippen LogP contribution in [0.4, 0.5) is 0 Å². The lowest BCUT2D eigenvalue weighted by Gasteiger charge is -2.35. The molecule has 2 aliphatic rings. The van der Waals surface area contributed by atoms with E-state index in [2.05, 4.69) is 50.2 Å². The first-order chi connectivity index (χ1) is 11.8. The molecule has 24 heavy (non-hydrogen) atoms. The highest BCUT2D eigenvalue weighted by molar-refractivity contribution is 5.82. The maximum Gasteiger partial charge on any atom is 0.0218 e. The molecule has 0 aliphatic heterocycles. The number of rotatable bonds is 2. The van der Waals surface area contributed by atoms with Gasteiger partial charge in [0.05, 0.1) is 0 Å². The van der Waals surface area contributed by atoms with Crippen LogP contribution in [-0.4, -0.2) is 0 Å². The maximum absolute atomic E-state index is 2.51. The third-order valence-electron chi connectivity index (χ3n) is 6.34. The fourth-order valence-electron chi connectivity index (χ4n) is 5.32. The van der Waals surface area contributed by atoms with Gasteiger partial charge in [0.25, 0.3) is 0 Å². The second-order valence-corrected chi connectivity index (χ2v) is 7.99. The summed E-state index contributed by atoms with van der Waals surface area (Å²) in [6, 6.07) is 14.3. The Hall–Kier alpha value is -1.56. The van der Waals surface area contributed by atoms with Crippen molar-refractivity contribution in [3.63, 3.8) is 0 Å². The molecule has 0 aromatic heterocycles. The lowest BCUT2D eigenvalue weighted by Crippen LogP contribution is -2.27. The first-order valence-corrected chi connectivity index (χ1v) is 10.00. The van der Waals surface area contributed by atoms with Gasteiger partial charge in [0.15, 0.2) is 0 Å². The van der Waals surface area contributed by atoms with E-state index in [1.54, 1.807) is 16.7 Å². The van der Waals surface area contributed by atoms with Crippen LogP contribution in [0.15, 0.2) is 36.4 Å². The molecule has 0 unspecified atom stereocenters. The quantitative estimate of drug-likeness (QED) is 0.561. The molecule has 0 heterocycles. The molecule has 0 radical (unpaired) electrons. The van der Waals surface area contributed by atoms with Crippen LogP contribution in [0.1, 0.15) is 80.5 Å². The summed E-state index contributed by atoms with van der Waals surface area (Å²) in [4.78, 5) is 0. The van der Waals surface area contributed by atoms with Crippen LogP contribution in [-0.2, 0) is 11.8 Å². The Morgan fingerprint density at radius 3 is 2.38 bits per heavy atom. The topological polar surface area (TPSA) is 0 Å². The highest BCUT2D eigenvalue weighted by Gasteiger charge is 2.43. The van der Waals surface area contributed by atoms with E-state index in [0.717, 1.165) is 0 Å². The monoisotopic (exact) mass is 318 g/mol. The first kappa shape index (κ1) is 15.9. The normalized spacial score (nSPS) is 18.8. The Labute approximate surface area is 147 Å². The summed E-state index contributed by atoms with van der Waals surface area (Å²) < 4.78 is 0. The summed E-state index contributed by atoms with van der Waals surface area (Å²) in [5.74, 6) is 0. The third kappa shape index (κ3) is 2.42. The minimum atomic E-state index is 0.295. The molecule has 0 atom stereocenters. The fourth-order valence-corrected chi connectivity index (χ4v) is 5.32. The van der Waals surface area contributed by atoms with Crippen LogP contribution >= 0.6 is 0 Å². The molecule has 0 nitrogen and oxygen atoms in total. The molecule has 0 bridgehead atoms. The Bertz CT molecular complexity index is 730. The van der Waals surface area contributed by atoms with Gasteiger partial charge in [-0.1, -0.05) is 87.4 Å². The summed E-state index contributed by atoms with van der Waals surface area (Å²) in [6.07, 6.45) is 12.2. The molecule has 1 saturated carbocycles. The van der Waals surface area contributed by atoms with E-state index in [4.69, 9.17) is 0 Å². The van der Waals surface area contributed by atoms with E-state index in [9.17, 15) is 0 Å². The van der Waals surface area contributed by atoms with E-state index in [0.29, 0.717) is 5.41 Å². The van der Waals surface area contributed by atoms with Gasteiger partial charge in [0, 0.05) is 5.41 Å². The third-order valence-corrected chi connectivity index (χ3v) is 6.34. The summed E-state index contributed by atoms with van der Waals surface area (Å²) in [6.45, 7) is 4.57. The van der Waals surface area contributed by atoms with Crippen molar-refractivity contribution in [2.24, 2.45) is 0 Å². The lowest BCUT2D eigenvalue weighted by molar-refractivity contribution is 0.371. The van der Waals surface area contributed by atoms with Gasteiger partial charge in [-0.25, -0.2) is 0 Å². The molecule has 2 aromatic carbocycles. The Morgan fingerprint density at radius 2 is 1.62 bits per heavy atom. The molecule has 0 N–H and O–H groups in total. The molecule has 2 aliphatic carbocycles. The molecule has 1 fully saturated rings. The highest BCUT2D eigenvalue weighted by Crippen LogP contribution is 2.56. The minimum Gasteiger partial charge on any atom is -0.0651 e. The Balaban J connectivity index is 1.96. The minimum absolute atomic E-state index is 0.295. The molecule has 126 valence electrons. The van der Waals surface area contributed by atoms with Crippen molar-refractivity contribution in [1.29, 1.82) is 0 Å². The second-order valence-electron chi connectivity index (χ2n) is 7.99. The molecule has 0 saturated heterocycles. The molecular weight excluding hydrogens is 288 g/mol. The summed E-state index contributed by atoms with van der Waals surface area (Å²) in [7, 11) is 0. The van der Waals surface area contributed by atoms with E-state index >= 15 is 0 Å². The van der Waals surface area contributed by atoms with Crippen LogP contribution in [0.2, 0.25) is 0 Å². The van der Waals surface area contributed by atoms with Crippen LogP contribution in [0.5, 0.6) is 0 Å². The standard InChI is InChI=1S/C24H30/c1-3-10-19-11-9-12-21-20-14-13-18(2)17-22(20)24(23(19)21)15-7-5-4-6-8-16-24/h9,11-14,17H,3-8,10,15-16H2,1-2H3. The van der Waals surface area contributed by atoms with Crippen LogP contribution < -0.4 is 0 Å². The fraction of sp³-hybridized carbons (Fsp3) is 0.500. The van der Waals surface area contributed by atoms with E-state index in [1.807, 2.05) is 0 Å². The zero-order valence-electron chi connectivity index (χ0n) is 15.3. The van der Waals surface area contributed by atoms with E-state index in [-0.39, 0.29) is 0 Å². The molecular formula is C24H30. The Kier molecular flexibility index (Phi) is 4.24. The molecule has 2 aromatic rings. The van der Waals surface area contributed by atoms with Gasteiger partial charge in [-0.05, 0) is 54.0 Å². The number of fused-ring (bicyclic) bond motifs is 5. The highest BCUT2D eigenvalue weighted by atomic mass is 14.5. The number of hydrogen-bond acceptors (Lipinski definition) is 0. The van der Waals surface area contributed by atoms with Crippen molar-refractivity contribution < 1.29 is 0 Å². The molecule has 1 spiro atoms. The lowest BCUT2D eigenvalue weighted by atomic mass is 9.68. The van der Waals surface area contributed by atoms with Gasteiger partial charge in [-0.2, -0.15) is 0 Å². The SMILES string of the molecule is CCCc1cccc2c1C1(CCCCCCC1)c1cc(C)ccc1-2. The van der Waals surface area contributed by atoms with Gasteiger partial charge in [0.1, 0.15) is 0 Å².